The van der Waals surface area contributed by atoms with Crippen molar-refractivity contribution in [2.24, 2.45) is 0 Å². The first-order valence-corrected chi connectivity index (χ1v) is 7.01. The Morgan fingerprint density at radius 3 is 2.86 bits per heavy atom. The molecule has 112 valence electrons. The number of aryl methyl sites for hydroxylation is 2. The summed E-state index contributed by atoms with van der Waals surface area (Å²) in [6.45, 7) is 9.69. The minimum Gasteiger partial charge on any atom is -0.466 e. The summed E-state index contributed by atoms with van der Waals surface area (Å²) < 4.78 is 6.78. The summed E-state index contributed by atoms with van der Waals surface area (Å²) in [6, 6.07) is 1.92. The molecule has 0 aliphatic carbocycles. The van der Waals surface area contributed by atoms with Gasteiger partial charge in [0.05, 0.1) is 24.5 Å². The van der Waals surface area contributed by atoms with Gasteiger partial charge in [-0.25, -0.2) is 4.68 Å². The first-order valence-electron chi connectivity index (χ1n) is 6.64. The van der Waals surface area contributed by atoms with Gasteiger partial charge in [-0.05, 0) is 26.8 Å². The van der Waals surface area contributed by atoms with E-state index in [1.165, 1.54) is 4.68 Å². The topological polar surface area (TPSA) is 60.1 Å². The molecule has 2 heterocycles. The van der Waals surface area contributed by atoms with E-state index in [0.717, 1.165) is 17.1 Å². The van der Waals surface area contributed by atoms with Gasteiger partial charge in [-0.1, -0.05) is 17.7 Å². The first-order chi connectivity index (χ1) is 9.93. The monoisotopic (exact) mass is 307 g/mol. The molecular formula is C15H18ClN3O2. The first kappa shape index (κ1) is 15.4. The van der Waals surface area contributed by atoms with Crippen molar-refractivity contribution in [3.05, 3.63) is 57.4 Å². The molecule has 21 heavy (non-hydrogen) atoms. The molecule has 0 saturated carbocycles. The van der Waals surface area contributed by atoms with E-state index in [1.54, 1.807) is 12.3 Å². The molecule has 1 N–H and O–H groups in total. The predicted octanol–water partition coefficient (Wildman–Crippen LogP) is 3.47. The second kappa shape index (κ2) is 6.18. The Labute approximate surface area is 128 Å². The van der Waals surface area contributed by atoms with Gasteiger partial charge >= 0.3 is 0 Å². The zero-order valence-electron chi connectivity index (χ0n) is 12.3. The minimum atomic E-state index is -0.339. The summed E-state index contributed by atoms with van der Waals surface area (Å²) in [5.74, 6) is 1.69. The molecule has 1 unspecified atom stereocenters. The predicted molar refractivity (Wildman–Crippen MR) is 83.9 cm³/mol. The SMILES string of the molecule is C=CCn1ncc(NC(C)c2cc(C)oc2C)c(Cl)c1=O. The number of hydrogen-bond donors (Lipinski definition) is 1. The molecule has 0 aromatic carbocycles. The molecule has 2 aromatic rings. The van der Waals surface area contributed by atoms with Gasteiger partial charge in [0.25, 0.3) is 5.56 Å². The Morgan fingerprint density at radius 1 is 1.57 bits per heavy atom. The van der Waals surface area contributed by atoms with E-state index < -0.39 is 0 Å². The van der Waals surface area contributed by atoms with Gasteiger partial charge in [-0.3, -0.25) is 4.79 Å². The number of nitrogens with zero attached hydrogens (tertiary/aromatic N) is 2. The van der Waals surface area contributed by atoms with Crippen LogP contribution in [0.25, 0.3) is 0 Å². The average Bonchev–Trinajstić information content (AvgIpc) is 2.77. The van der Waals surface area contributed by atoms with Crippen molar-refractivity contribution in [1.82, 2.24) is 9.78 Å². The van der Waals surface area contributed by atoms with Gasteiger partial charge in [-0.2, -0.15) is 5.10 Å². The minimum absolute atomic E-state index is 0.0450. The summed E-state index contributed by atoms with van der Waals surface area (Å²) >= 11 is 6.12. The second-order valence-corrected chi connectivity index (χ2v) is 5.26. The van der Waals surface area contributed by atoms with Gasteiger partial charge in [0, 0.05) is 5.56 Å². The smallest absolute Gasteiger partial charge is 0.287 e. The van der Waals surface area contributed by atoms with Gasteiger partial charge < -0.3 is 9.73 Å². The molecule has 0 fully saturated rings. The van der Waals surface area contributed by atoms with Crippen LogP contribution in [0, 0.1) is 13.8 Å². The van der Waals surface area contributed by atoms with Crippen molar-refractivity contribution in [2.75, 3.05) is 5.32 Å². The van der Waals surface area contributed by atoms with Crippen molar-refractivity contribution >= 4 is 17.3 Å². The average molecular weight is 308 g/mol. The quantitative estimate of drug-likeness (QED) is 0.859. The lowest BCUT2D eigenvalue weighted by molar-refractivity contribution is 0.500. The van der Waals surface area contributed by atoms with E-state index in [1.807, 2.05) is 26.8 Å². The summed E-state index contributed by atoms with van der Waals surface area (Å²) in [5.41, 5.74) is 1.19. The van der Waals surface area contributed by atoms with Crippen LogP contribution < -0.4 is 10.9 Å². The Morgan fingerprint density at radius 2 is 2.29 bits per heavy atom. The summed E-state index contributed by atoms with van der Waals surface area (Å²) in [6.07, 6.45) is 3.14. The number of furan rings is 1. The van der Waals surface area contributed by atoms with Crippen LogP contribution in [-0.2, 0) is 6.54 Å². The van der Waals surface area contributed by atoms with E-state index in [0.29, 0.717) is 12.2 Å². The molecule has 0 radical (unpaired) electrons. The van der Waals surface area contributed by atoms with Gasteiger partial charge in [0.2, 0.25) is 0 Å². The molecule has 2 rings (SSSR count). The van der Waals surface area contributed by atoms with Crippen molar-refractivity contribution in [2.45, 2.75) is 33.4 Å². The molecule has 0 aliphatic rings. The maximum absolute atomic E-state index is 12.0. The maximum atomic E-state index is 12.0. The van der Waals surface area contributed by atoms with E-state index in [4.69, 9.17) is 16.0 Å². The van der Waals surface area contributed by atoms with Crippen LogP contribution in [-0.4, -0.2) is 9.78 Å². The van der Waals surface area contributed by atoms with E-state index in [-0.39, 0.29) is 16.6 Å². The summed E-state index contributed by atoms with van der Waals surface area (Å²) in [7, 11) is 0. The molecule has 1 atom stereocenters. The third-order valence-corrected chi connectivity index (χ3v) is 3.57. The summed E-state index contributed by atoms with van der Waals surface area (Å²) in [4.78, 5) is 12.0. The zero-order chi connectivity index (χ0) is 15.6. The van der Waals surface area contributed by atoms with Crippen molar-refractivity contribution < 1.29 is 4.42 Å². The number of anilines is 1. The van der Waals surface area contributed by atoms with E-state index in [2.05, 4.69) is 17.0 Å². The fourth-order valence-electron chi connectivity index (χ4n) is 2.21. The second-order valence-electron chi connectivity index (χ2n) is 4.88. The molecule has 0 saturated heterocycles. The van der Waals surface area contributed by atoms with Crippen LogP contribution in [0.15, 0.2) is 34.1 Å². The third kappa shape index (κ3) is 3.19. The van der Waals surface area contributed by atoms with Crippen LogP contribution in [0.3, 0.4) is 0 Å². The lowest BCUT2D eigenvalue weighted by Crippen LogP contribution is -2.24. The number of nitrogens with one attached hydrogen (secondary N) is 1. The largest absolute Gasteiger partial charge is 0.466 e. The standard InChI is InChI=1S/C15H18ClN3O2/c1-5-6-19-15(20)14(16)13(8-17-19)18-10(3)12-7-9(2)21-11(12)4/h5,7-8,10,18H,1,6H2,2-4H3. The van der Waals surface area contributed by atoms with Gasteiger partial charge in [0.1, 0.15) is 16.5 Å². The highest BCUT2D eigenvalue weighted by Crippen LogP contribution is 2.26. The van der Waals surface area contributed by atoms with E-state index in [9.17, 15) is 4.79 Å². The highest BCUT2D eigenvalue weighted by molar-refractivity contribution is 6.32. The molecule has 2 aromatic heterocycles. The highest BCUT2D eigenvalue weighted by atomic mass is 35.5. The number of aromatic nitrogens is 2. The Bertz CT molecular complexity index is 718. The number of hydrogen-bond acceptors (Lipinski definition) is 4. The Balaban J connectivity index is 2.28. The molecule has 0 bridgehead atoms. The Kier molecular flexibility index (Phi) is 4.53. The molecule has 0 aliphatic heterocycles. The van der Waals surface area contributed by atoms with Crippen LogP contribution in [0.4, 0.5) is 5.69 Å². The lowest BCUT2D eigenvalue weighted by atomic mass is 10.1. The van der Waals surface area contributed by atoms with Crippen LogP contribution in [0.2, 0.25) is 5.02 Å². The van der Waals surface area contributed by atoms with Gasteiger partial charge in [0.15, 0.2) is 0 Å². The fourth-order valence-corrected chi connectivity index (χ4v) is 2.41. The van der Waals surface area contributed by atoms with E-state index >= 15 is 0 Å². The number of allylic oxidation sites excluding steroid dienone is 1. The third-order valence-electron chi connectivity index (χ3n) is 3.20. The van der Waals surface area contributed by atoms with Crippen molar-refractivity contribution in [3.63, 3.8) is 0 Å². The van der Waals surface area contributed by atoms with Crippen molar-refractivity contribution in [1.29, 1.82) is 0 Å². The zero-order valence-corrected chi connectivity index (χ0v) is 13.1. The Hall–Kier alpha value is -2.01. The number of rotatable bonds is 5. The van der Waals surface area contributed by atoms with Crippen LogP contribution in [0.1, 0.15) is 30.0 Å². The van der Waals surface area contributed by atoms with Gasteiger partial charge in [-0.15, -0.1) is 6.58 Å². The highest BCUT2D eigenvalue weighted by Gasteiger charge is 2.15. The molecule has 5 nitrogen and oxygen atoms in total. The number of halogens is 1. The normalized spacial score (nSPS) is 12.2. The lowest BCUT2D eigenvalue weighted by Gasteiger charge is -2.15. The molecular weight excluding hydrogens is 290 g/mol. The molecule has 0 amide bonds. The fraction of sp³-hybridized carbons (Fsp3) is 0.333. The molecule has 6 heteroatoms. The molecule has 0 spiro atoms. The van der Waals surface area contributed by atoms with Crippen molar-refractivity contribution in [3.8, 4) is 0 Å². The summed E-state index contributed by atoms with van der Waals surface area (Å²) in [5, 5.41) is 7.38. The van der Waals surface area contributed by atoms with Crippen LogP contribution >= 0.6 is 11.6 Å². The van der Waals surface area contributed by atoms with Crippen LogP contribution in [0.5, 0.6) is 0 Å². The maximum Gasteiger partial charge on any atom is 0.287 e.